The summed E-state index contributed by atoms with van der Waals surface area (Å²) in [6.45, 7) is -0.0627. The number of carbonyl (C=O) groups is 1. The van der Waals surface area contributed by atoms with Crippen molar-refractivity contribution in [3.8, 4) is 0 Å². The maximum Gasteiger partial charge on any atom is 0.232 e. The Morgan fingerprint density at radius 3 is 2.80 bits per heavy atom. The summed E-state index contributed by atoms with van der Waals surface area (Å²) in [6.07, 6.45) is 1.56. The van der Waals surface area contributed by atoms with Gasteiger partial charge in [0, 0.05) is 10.2 Å². The molecular formula is C11H12BrNO2. The topological polar surface area (TPSA) is 49.3 Å². The lowest BCUT2D eigenvalue weighted by Crippen LogP contribution is -2.27. The van der Waals surface area contributed by atoms with Crippen LogP contribution in [-0.2, 0) is 4.79 Å². The summed E-state index contributed by atoms with van der Waals surface area (Å²) >= 11 is 3.33. The van der Waals surface area contributed by atoms with E-state index in [9.17, 15) is 4.79 Å². The number of hydrogen-bond acceptors (Lipinski definition) is 2. The van der Waals surface area contributed by atoms with Crippen molar-refractivity contribution < 1.29 is 9.90 Å². The SMILES string of the molecule is O=C(Nc1cccc(Br)c1)C1(CO)CC1. The molecule has 2 N–H and O–H groups in total. The number of anilines is 1. The van der Waals surface area contributed by atoms with Gasteiger partial charge in [0.15, 0.2) is 0 Å². The monoisotopic (exact) mass is 269 g/mol. The fourth-order valence-corrected chi connectivity index (χ4v) is 1.84. The van der Waals surface area contributed by atoms with Crippen LogP contribution in [0.25, 0.3) is 0 Å². The Balaban J connectivity index is 2.06. The largest absolute Gasteiger partial charge is 0.395 e. The summed E-state index contributed by atoms with van der Waals surface area (Å²) < 4.78 is 0.925. The summed E-state index contributed by atoms with van der Waals surface area (Å²) in [7, 11) is 0. The van der Waals surface area contributed by atoms with Crippen molar-refractivity contribution in [2.24, 2.45) is 5.41 Å². The molecule has 0 atom stereocenters. The number of amides is 1. The molecule has 4 heteroatoms. The van der Waals surface area contributed by atoms with Gasteiger partial charge in [-0.3, -0.25) is 4.79 Å². The van der Waals surface area contributed by atoms with Gasteiger partial charge in [-0.2, -0.15) is 0 Å². The van der Waals surface area contributed by atoms with Crippen LogP contribution in [0.4, 0.5) is 5.69 Å². The molecule has 0 aromatic heterocycles. The molecule has 1 amide bonds. The Labute approximate surface area is 96.6 Å². The molecule has 0 bridgehead atoms. The molecule has 0 unspecified atom stereocenters. The van der Waals surface area contributed by atoms with Gasteiger partial charge in [0.2, 0.25) is 5.91 Å². The molecule has 1 aliphatic carbocycles. The smallest absolute Gasteiger partial charge is 0.232 e. The molecule has 15 heavy (non-hydrogen) atoms. The number of benzene rings is 1. The van der Waals surface area contributed by atoms with E-state index in [1.54, 1.807) is 0 Å². The van der Waals surface area contributed by atoms with E-state index in [1.165, 1.54) is 0 Å². The summed E-state index contributed by atoms with van der Waals surface area (Å²) in [5.41, 5.74) is 0.247. The zero-order valence-electron chi connectivity index (χ0n) is 8.16. The van der Waals surface area contributed by atoms with Gasteiger partial charge in [0.25, 0.3) is 0 Å². The molecule has 1 fully saturated rings. The van der Waals surface area contributed by atoms with Crippen LogP contribution in [0.3, 0.4) is 0 Å². The number of aliphatic hydroxyl groups excluding tert-OH is 1. The standard InChI is InChI=1S/C11H12BrNO2/c12-8-2-1-3-9(6-8)13-10(15)11(7-14)4-5-11/h1-3,6,14H,4-5,7H2,(H,13,15). The first-order valence-electron chi connectivity index (χ1n) is 4.84. The van der Waals surface area contributed by atoms with Crippen molar-refractivity contribution >= 4 is 27.5 Å². The van der Waals surface area contributed by atoms with Crippen LogP contribution < -0.4 is 5.32 Å². The first-order valence-corrected chi connectivity index (χ1v) is 5.63. The highest BCUT2D eigenvalue weighted by Crippen LogP contribution is 2.45. The van der Waals surface area contributed by atoms with E-state index in [4.69, 9.17) is 5.11 Å². The Bertz CT molecular complexity index is 388. The van der Waals surface area contributed by atoms with E-state index in [0.717, 1.165) is 23.0 Å². The molecule has 80 valence electrons. The molecule has 1 saturated carbocycles. The summed E-state index contributed by atoms with van der Waals surface area (Å²) in [5, 5.41) is 11.9. The Morgan fingerprint density at radius 1 is 1.53 bits per heavy atom. The van der Waals surface area contributed by atoms with Gasteiger partial charge >= 0.3 is 0 Å². The molecule has 1 aliphatic rings. The number of hydrogen-bond donors (Lipinski definition) is 2. The first kappa shape index (κ1) is 10.6. The van der Waals surface area contributed by atoms with Crippen LogP contribution in [0.5, 0.6) is 0 Å². The molecule has 0 aliphatic heterocycles. The van der Waals surface area contributed by atoms with Crippen molar-refractivity contribution in [2.75, 3.05) is 11.9 Å². The van der Waals surface area contributed by atoms with Gasteiger partial charge in [0.1, 0.15) is 0 Å². The quantitative estimate of drug-likeness (QED) is 0.884. The predicted octanol–water partition coefficient (Wildman–Crippen LogP) is 2.16. The van der Waals surface area contributed by atoms with Gasteiger partial charge in [-0.15, -0.1) is 0 Å². The highest BCUT2D eigenvalue weighted by Gasteiger charge is 2.49. The molecule has 0 radical (unpaired) electrons. The maximum atomic E-state index is 11.8. The number of carbonyl (C=O) groups excluding carboxylic acids is 1. The third-order valence-electron chi connectivity index (χ3n) is 2.72. The van der Waals surface area contributed by atoms with Crippen LogP contribution in [0.15, 0.2) is 28.7 Å². The van der Waals surface area contributed by atoms with E-state index in [1.807, 2.05) is 24.3 Å². The van der Waals surface area contributed by atoms with Gasteiger partial charge < -0.3 is 10.4 Å². The van der Waals surface area contributed by atoms with Crippen molar-refractivity contribution in [3.05, 3.63) is 28.7 Å². The summed E-state index contributed by atoms with van der Waals surface area (Å²) in [6, 6.07) is 7.42. The summed E-state index contributed by atoms with van der Waals surface area (Å²) in [5.74, 6) is -0.0805. The van der Waals surface area contributed by atoms with Crippen molar-refractivity contribution in [1.82, 2.24) is 0 Å². The Morgan fingerprint density at radius 2 is 2.27 bits per heavy atom. The lowest BCUT2D eigenvalue weighted by molar-refractivity contribution is -0.122. The minimum atomic E-state index is -0.512. The molecule has 0 spiro atoms. The van der Waals surface area contributed by atoms with Crippen LogP contribution in [0.2, 0.25) is 0 Å². The number of rotatable bonds is 3. The fraction of sp³-hybridized carbons (Fsp3) is 0.364. The van der Waals surface area contributed by atoms with Crippen LogP contribution in [0, 0.1) is 5.41 Å². The zero-order chi connectivity index (χ0) is 10.9. The second-order valence-electron chi connectivity index (χ2n) is 3.90. The zero-order valence-corrected chi connectivity index (χ0v) is 9.75. The average molecular weight is 270 g/mol. The molecule has 2 rings (SSSR count). The van der Waals surface area contributed by atoms with Gasteiger partial charge in [-0.1, -0.05) is 22.0 Å². The number of halogens is 1. The van der Waals surface area contributed by atoms with Crippen molar-refractivity contribution in [2.45, 2.75) is 12.8 Å². The van der Waals surface area contributed by atoms with E-state index >= 15 is 0 Å². The molecular weight excluding hydrogens is 258 g/mol. The second-order valence-corrected chi connectivity index (χ2v) is 4.82. The fourth-order valence-electron chi connectivity index (χ4n) is 1.44. The molecule has 0 saturated heterocycles. The van der Waals surface area contributed by atoms with Crippen molar-refractivity contribution in [1.29, 1.82) is 0 Å². The van der Waals surface area contributed by atoms with E-state index in [-0.39, 0.29) is 12.5 Å². The third-order valence-corrected chi connectivity index (χ3v) is 3.21. The summed E-state index contributed by atoms with van der Waals surface area (Å²) in [4.78, 5) is 11.8. The Kier molecular flexibility index (Phi) is 2.80. The maximum absolute atomic E-state index is 11.8. The molecule has 3 nitrogen and oxygen atoms in total. The highest BCUT2D eigenvalue weighted by atomic mass is 79.9. The van der Waals surface area contributed by atoms with Gasteiger partial charge in [-0.25, -0.2) is 0 Å². The number of aliphatic hydroxyl groups is 1. The highest BCUT2D eigenvalue weighted by molar-refractivity contribution is 9.10. The molecule has 1 aromatic carbocycles. The molecule has 0 heterocycles. The van der Waals surface area contributed by atoms with Crippen LogP contribution >= 0.6 is 15.9 Å². The first-order chi connectivity index (χ1) is 7.16. The van der Waals surface area contributed by atoms with E-state index in [0.29, 0.717) is 0 Å². The average Bonchev–Trinajstić information content (AvgIpc) is 2.98. The normalized spacial score (nSPS) is 17.2. The lowest BCUT2D eigenvalue weighted by Gasteiger charge is -2.12. The number of nitrogens with one attached hydrogen (secondary N) is 1. The minimum Gasteiger partial charge on any atom is -0.395 e. The van der Waals surface area contributed by atoms with Gasteiger partial charge in [-0.05, 0) is 31.0 Å². The van der Waals surface area contributed by atoms with Crippen molar-refractivity contribution in [3.63, 3.8) is 0 Å². The lowest BCUT2D eigenvalue weighted by atomic mass is 10.1. The van der Waals surface area contributed by atoms with Crippen LogP contribution in [-0.4, -0.2) is 17.6 Å². The molecule has 1 aromatic rings. The van der Waals surface area contributed by atoms with E-state index in [2.05, 4.69) is 21.2 Å². The van der Waals surface area contributed by atoms with E-state index < -0.39 is 5.41 Å². The Hall–Kier alpha value is -0.870. The van der Waals surface area contributed by atoms with Crippen LogP contribution in [0.1, 0.15) is 12.8 Å². The third kappa shape index (κ3) is 2.21. The predicted molar refractivity (Wildman–Crippen MR) is 61.5 cm³/mol. The minimum absolute atomic E-state index is 0.0627. The second kappa shape index (κ2) is 3.94. The van der Waals surface area contributed by atoms with Gasteiger partial charge in [0.05, 0.1) is 12.0 Å².